The van der Waals surface area contributed by atoms with Gasteiger partial charge >= 0.3 is 0 Å². The number of aryl methyl sites for hydroxylation is 1. The zero-order valence-corrected chi connectivity index (χ0v) is 9.94. The summed E-state index contributed by atoms with van der Waals surface area (Å²) in [7, 11) is 2.06. The first-order chi connectivity index (χ1) is 6.86. The third kappa shape index (κ3) is 4.20. The molecule has 0 radical (unpaired) electrons. The van der Waals surface area contributed by atoms with Gasteiger partial charge < -0.3 is 5.32 Å². The Morgan fingerprint density at radius 3 is 2.93 bits per heavy atom. The van der Waals surface area contributed by atoms with Crippen molar-refractivity contribution in [3.8, 4) is 0 Å². The van der Waals surface area contributed by atoms with Gasteiger partial charge in [-0.05, 0) is 32.7 Å². The molecule has 0 saturated carbocycles. The molecule has 1 aromatic heterocycles. The summed E-state index contributed by atoms with van der Waals surface area (Å²) in [6.45, 7) is 2.24. The number of hydrogen-bond acceptors (Lipinski definition) is 3. The number of hydrogen-bond donors (Lipinski definition) is 1. The van der Waals surface area contributed by atoms with Crippen LogP contribution in [0.1, 0.15) is 37.5 Å². The normalized spacial score (nSPS) is 13.0. The fourth-order valence-electron chi connectivity index (χ4n) is 1.67. The van der Waals surface area contributed by atoms with Crippen LogP contribution in [0.2, 0.25) is 0 Å². The summed E-state index contributed by atoms with van der Waals surface area (Å²) in [6, 6.07) is 0.702. The largest absolute Gasteiger partial charge is 0.317 e. The third-order valence-electron chi connectivity index (χ3n) is 2.50. The van der Waals surface area contributed by atoms with E-state index in [0.717, 1.165) is 0 Å². The van der Waals surface area contributed by atoms with Gasteiger partial charge in [-0.3, -0.25) is 4.98 Å². The zero-order valence-electron chi connectivity index (χ0n) is 9.12. The molecule has 0 saturated heterocycles. The van der Waals surface area contributed by atoms with Gasteiger partial charge in [0.15, 0.2) is 0 Å². The van der Waals surface area contributed by atoms with E-state index in [9.17, 15) is 0 Å². The second-order valence-corrected chi connectivity index (χ2v) is 4.61. The number of thiazole rings is 1. The van der Waals surface area contributed by atoms with Crippen LogP contribution in [-0.2, 0) is 6.42 Å². The second kappa shape index (κ2) is 6.96. The van der Waals surface area contributed by atoms with Gasteiger partial charge in [0.25, 0.3) is 0 Å². The van der Waals surface area contributed by atoms with E-state index in [1.165, 1.54) is 37.0 Å². The van der Waals surface area contributed by atoms with Crippen molar-refractivity contribution in [2.45, 2.75) is 45.1 Å². The minimum Gasteiger partial charge on any atom is -0.317 e. The van der Waals surface area contributed by atoms with Crippen molar-refractivity contribution in [1.29, 1.82) is 0 Å². The molecule has 0 bridgehead atoms. The maximum absolute atomic E-state index is 4.08. The molecule has 1 atom stereocenters. The first-order valence-corrected chi connectivity index (χ1v) is 6.29. The second-order valence-electron chi connectivity index (χ2n) is 3.63. The molecule has 0 aliphatic rings. The van der Waals surface area contributed by atoms with E-state index in [1.54, 1.807) is 11.3 Å². The summed E-state index contributed by atoms with van der Waals surface area (Å²) >= 11 is 1.76. The Bertz CT molecular complexity index is 221. The molecule has 0 aliphatic heterocycles. The van der Waals surface area contributed by atoms with Gasteiger partial charge in [-0.15, -0.1) is 11.3 Å². The molecule has 1 aromatic rings. The maximum Gasteiger partial charge on any atom is 0.0794 e. The van der Waals surface area contributed by atoms with E-state index in [-0.39, 0.29) is 0 Å². The van der Waals surface area contributed by atoms with Crippen molar-refractivity contribution in [3.05, 3.63) is 16.6 Å². The van der Waals surface area contributed by atoms with Crippen molar-refractivity contribution >= 4 is 11.3 Å². The molecule has 1 N–H and O–H groups in total. The molecule has 2 nitrogen and oxygen atoms in total. The van der Waals surface area contributed by atoms with Crippen molar-refractivity contribution in [2.75, 3.05) is 7.05 Å². The fraction of sp³-hybridized carbons (Fsp3) is 0.727. The minimum atomic E-state index is 0.702. The Balaban J connectivity index is 2.13. The predicted molar refractivity (Wildman–Crippen MR) is 62.8 cm³/mol. The highest BCUT2D eigenvalue weighted by Gasteiger charge is 2.04. The molecule has 14 heavy (non-hydrogen) atoms. The Kier molecular flexibility index (Phi) is 5.80. The van der Waals surface area contributed by atoms with Gasteiger partial charge in [0, 0.05) is 17.1 Å². The predicted octanol–water partition coefficient (Wildman–Crippen LogP) is 2.85. The van der Waals surface area contributed by atoms with Crippen LogP contribution in [0.3, 0.4) is 0 Å². The number of aromatic nitrogens is 1. The summed E-state index contributed by atoms with van der Waals surface area (Å²) in [5.74, 6) is 0. The first kappa shape index (κ1) is 11.7. The summed E-state index contributed by atoms with van der Waals surface area (Å²) < 4.78 is 0. The molecule has 0 spiro atoms. The zero-order chi connectivity index (χ0) is 10.2. The average molecular weight is 212 g/mol. The Morgan fingerprint density at radius 2 is 2.36 bits per heavy atom. The highest BCUT2D eigenvalue weighted by molar-refractivity contribution is 7.09. The third-order valence-corrected chi connectivity index (χ3v) is 3.34. The van der Waals surface area contributed by atoms with Crippen LogP contribution in [0, 0.1) is 0 Å². The summed E-state index contributed by atoms with van der Waals surface area (Å²) in [4.78, 5) is 5.49. The quantitative estimate of drug-likeness (QED) is 0.752. The standard InChI is InChI=1S/C11H20N2S/c1-3-5-10(12-2)6-4-7-11-8-13-9-14-11/h8-10,12H,3-7H2,1-2H3. The lowest BCUT2D eigenvalue weighted by atomic mass is 10.1. The van der Waals surface area contributed by atoms with Crippen LogP contribution in [0.5, 0.6) is 0 Å². The number of nitrogens with zero attached hydrogens (tertiary/aromatic N) is 1. The van der Waals surface area contributed by atoms with E-state index in [2.05, 4.69) is 24.3 Å². The van der Waals surface area contributed by atoms with E-state index in [1.807, 2.05) is 11.7 Å². The molecule has 1 heterocycles. The smallest absolute Gasteiger partial charge is 0.0794 e. The van der Waals surface area contributed by atoms with Gasteiger partial charge in [0.2, 0.25) is 0 Å². The Labute approximate surface area is 90.8 Å². The first-order valence-electron chi connectivity index (χ1n) is 5.41. The number of rotatable bonds is 7. The molecule has 80 valence electrons. The fourth-order valence-corrected chi connectivity index (χ4v) is 2.31. The molecule has 0 amide bonds. The molecule has 1 rings (SSSR count). The van der Waals surface area contributed by atoms with Crippen molar-refractivity contribution in [1.82, 2.24) is 10.3 Å². The van der Waals surface area contributed by atoms with Gasteiger partial charge in [0.05, 0.1) is 5.51 Å². The van der Waals surface area contributed by atoms with Gasteiger partial charge in [-0.2, -0.15) is 0 Å². The molecular formula is C11H20N2S. The summed E-state index contributed by atoms with van der Waals surface area (Å²) in [5, 5.41) is 3.37. The molecular weight excluding hydrogens is 192 g/mol. The van der Waals surface area contributed by atoms with E-state index < -0.39 is 0 Å². The van der Waals surface area contributed by atoms with Crippen LogP contribution in [0.25, 0.3) is 0 Å². The van der Waals surface area contributed by atoms with Crippen molar-refractivity contribution < 1.29 is 0 Å². The SMILES string of the molecule is CCCC(CCCc1cncs1)NC. The topological polar surface area (TPSA) is 24.9 Å². The molecule has 3 heteroatoms. The van der Waals surface area contributed by atoms with E-state index >= 15 is 0 Å². The van der Waals surface area contributed by atoms with Crippen LogP contribution in [-0.4, -0.2) is 18.1 Å². The van der Waals surface area contributed by atoms with Gasteiger partial charge in [-0.25, -0.2) is 0 Å². The van der Waals surface area contributed by atoms with E-state index in [4.69, 9.17) is 0 Å². The van der Waals surface area contributed by atoms with Crippen molar-refractivity contribution in [3.63, 3.8) is 0 Å². The molecule has 1 unspecified atom stereocenters. The van der Waals surface area contributed by atoms with Crippen LogP contribution in [0.15, 0.2) is 11.7 Å². The lowest BCUT2D eigenvalue weighted by molar-refractivity contribution is 0.470. The minimum absolute atomic E-state index is 0.702. The van der Waals surface area contributed by atoms with Crippen molar-refractivity contribution in [2.24, 2.45) is 0 Å². The summed E-state index contributed by atoms with van der Waals surface area (Å²) in [6.07, 6.45) is 8.28. The van der Waals surface area contributed by atoms with Gasteiger partial charge in [-0.1, -0.05) is 13.3 Å². The maximum atomic E-state index is 4.08. The highest BCUT2D eigenvalue weighted by Crippen LogP contribution is 2.12. The van der Waals surface area contributed by atoms with Gasteiger partial charge in [0.1, 0.15) is 0 Å². The molecule has 0 aliphatic carbocycles. The van der Waals surface area contributed by atoms with Crippen LogP contribution in [0.4, 0.5) is 0 Å². The lowest BCUT2D eigenvalue weighted by Gasteiger charge is -2.14. The van der Waals surface area contributed by atoms with Crippen LogP contribution < -0.4 is 5.32 Å². The average Bonchev–Trinajstić information content (AvgIpc) is 2.69. The monoisotopic (exact) mass is 212 g/mol. The Morgan fingerprint density at radius 1 is 1.50 bits per heavy atom. The highest BCUT2D eigenvalue weighted by atomic mass is 32.1. The lowest BCUT2D eigenvalue weighted by Crippen LogP contribution is -2.24. The Hall–Kier alpha value is -0.410. The number of nitrogens with one attached hydrogen (secondary N) is 1. The molecule has 0 fully saturated rings. The van der Waals surface area contributed by atoms with E-state index in [0.29, 0.717) is 6.04 Å². The van der Waals surface area contributed by atoms with Crippen LogP contribution >= 0.6 is 11.3 Å². The summed E-state index contributed by atoms with van der Waals surface area (Å²) in [5.41, 5.74) is 1.91. The molecule has 0 aromatic carbocycles.